The van der Waals surface area contributed by atoms with Crippen molar-refractivity contribution in [1.82, 2.24) is 4.98 Å². The highest BCUT2D eigenvalue weighted by molar-refractivity contribution is 5.87. The molecular formula is C18H18ClFN2. The highest BCUT2D eigenvalue weighted by Gasteiger charge is 2.07. The lowest BCUT2D eigenvalue weighted by atomic mass is 10.0. The first-order valence-electron chi connectivity index (χ1n) is 6.94. The van der Waals surface area contributed by atoms with Crippen molar-refractivity contribution >= 4 is 34.8 Å². The lowest BCUT2D eigenvalue weighted by Crippen LogP contribution is -1.97. The third kappa shape index (κ3) is 3.20. The number of nitrogens with one attached hydrogen (secondary N) is 1. The summed E-state index contributed by atoms with van der Waals surface area (Å²) < 4.78 is 13.3. The van der Waals surface area contributed by atoms with E-state index in [9.17, 15) is 4.39 Å². The summed E-state index contributed by atoms with van der Waals surface area (Å²) in [5.74, 6) is 0.474. The summed E-state index contributed by atoms with van der Waals surface area (Å²) in [5.41, 5.74) is 5.22. The number of pyridine rings is 1. The van der Waals surface area contributed by atoms with Crippen molar-refractivity contribution in [2.45, 2.75) is 20.8 Å². The van der Waals surface area contributed by atoms with Crippen LogP contribution in [0, 0.1) is 26.6 Å². The molecule has 0 aliphatic carbocycles. The summed E-state index contributed by atoms with van der Waals surface area (Å²) >= 11 is 0. The SMILES string of the molecule is Cc1cc(C)c2nc(Nc3cccc(F)c3)cc(C)c2c1.Cl. The van der Waals surface area contributed by atoms with Crippen molar-refractivity contribution < 1.29 is 4.39 Å². The van der Waals surface area contributed by atoms with Gasteiger partial charge in [-0.2, -0.15) is 0 Å². The Labute approximate surface area is 135 Å². The van der Waals surface area contributed by atoms with E-state index in [0.29, 0.717) is 5.69 Å². The number of hydrogen-bond acceptors (Lipinski definition) is 2. The van der Waals surface area contributed by atoms with Gasteiger partial charge in [-0.15, -0.1) is 12.4 Å². The molecule has 0 atom stereocenters. The molecule has 0 spiro atoms. The fourth-order valence-corrected chi connectivity index (χ4v) is 2.62. The van der Waals surface area contributed by atoms with Crippen LogP contribution in [-0.4, -0.2) is 4.98 Å². The Kier molecular flexibility index (Phi) is 4.67. The smallest absolute Gasteiger partial charge is 0.131 e. The van der Waals surface area contributed by atoms with Gasteiger partial charge in [0, 0.05) is 11.1 Å². The minimum atomic E-state index is -0.260. The summed E-state index contributed by atoms with van der Waals surface area (Å²) in [6.07, 6.45) is 0. The van der Waals surface area contributed by atoms with E-state index in [0.717, 1.165) is 27.8 Å². The molecule has 2 nitrogen and oxygen atoms in total. The van der Waals surface area contributed by atoms with Crippen molar-refractivity contribution in [2.75, 3.05) is 5.32 Å². The van der Waals surface area contributed by atoms with Gasteiger partial charge in [0.1, 0.15) is 11.6 Å². The molecule has 22 heavy (non-hydrogen) atoms. The van der Waals surface area contributed by atoms with E-state index >= 15 is 0 Å². The van der Waals surface area contributed by atoms with Gasteiger partial charge in [-0.25, -0.2) is 9.37 Å². The average molecular weight is 317 g/mol. The van der Waals surface area contributed by atoms with Crippen LogP contribution in [0.2, 0.25) is 0 Å². The van der Waals surface area contributed by atoms with Crippen molar-refractivity contribution in [2.24, 2.45) is 0 Å². The molecule has 3 aromatic rings. The van der Waals surface area contributed by atoms with Crippen LogP contribution in [-0.2, 0) is 0 Å². The molecule has 1 heterocycles. The van der Waals surface area contributed by atoms with E-state index in [2.05, 4.69) is 43.2 Å². The molecule has 3 rings (SSSR count). The van der Waals surface area contributed by atoms with Gasteiger partial charge >= 0.3 is 0 Å². The van der Waals surface area contributed by atoms with Gasteiger partial charge < -0.3 is 5.32 Å². The predicted molar refractivity (Wildman–Crippen MR) is 92.9 cm³/mol. The molecule has 0 bridgehead atoms. The Morgan fingerprint density at radius 2 is 1.73 bits per heavy atom. The zero-order valence-corrected chi connectivity index (χ0v) is 13.6. The normalized spacial score (nSPS) is 10.4. The van der Waals surface area contributed by atoms with Crippen LogP contribution in [0.4, 0.5) is 15.9 Å². The maximum atomic E-state index is 13.3. The Morgan fingerprint density at radius 1 is 0.955 bits per heavy atom. The van der Waals surface area contributed by atoms with Crippen LogP contribution in [0.25, 0.3) is 10.9 Å². The lowest BCUT2D eigenvalue weighted by molar-refractivity contribution is 0.628. The second kappa shape index (κ2) is 6.32. The van der Waals surface area contributed by atoms with Gasteiger partial charge in [-0.3, -0.25) is 0 Å². The van der Waals surface area contributed by atoms with Crippen molar-refractivity contribution in [3.05, 3.63) is 65.0 Å². The summed E-state index contributed by atoms with van der Waals surface area (Å²) in [4.78, 5) is 4.67. The molecule has 4 heteroatoms. The van der Waals surface area contributed by atoms with E-state index < -0.39 is 0 Å². The van der Waals surface area contributed by atoms with Crippen molar-refractivity contribution in [3.63, 3.8) is 0 Å². The molecule has 0 aliphatic rings. The first-order valence-corrected chi connectivity index (χ1v) is 6.94. The number of aromatic nitrogens is 1. The largest absolute Gasteiger partial charge is 0.340 e. The minimum absolute atomic E-state index is 0. The topological polar surface area (TPSA) is 24.9 Å². The number of benzene rings is 2. The highest BCUT2D eigenvalue weighted by Crippen LogP contribution is 2.26. The van der Waals surface area contributed by atoms with E-state index in [1.165, 1.54) is 17.7 Å². The number of halogens is 2. The zero-order valence-electron chi connectivity index (χ0n) is 12.8. The third-order valence-corrected chi connectivity index (χ3v) is 3.55. The number of rotatable bonds is 2. The molecule has 114 valence electrons. The number of nitrogens with zero attached hydrogens (tertiary/aromatic N) is 1. The zero-order chi connectivity index (χ0) is 15.0. The molecular weight excluding hydrogens is 299 g/mol. The lowest BCUT2D eigenvalue weighted by Gasteiger charge is -2.11. The quantitative estimate of drug-likeness (QED) is 0.678. The van der Waals surface area contributed by atoms with Crippen molar-refractivity contribution in [1.29, 1.82) is 0 Å². The van der Waals surface area contributed by atoms with E-state index in [1.807, 2.05) is 12.1 Å². The first-order chi connectivity index (χ1) is 10.0. The second-order valence-corrected chi connectivity index (χ2v) is 5.44. The monoisotopic (exact) mass is 316 g/mol. The highest BCUT2D eigenvalue weighted by atomic mass is 35.5. The summed E-state index contributed by atoms with van der Waals surface area (Å²) in [5, 5.41) is 4.33. The van der Waals surface area contributed by atoms with Crippen LogP contribution in [0.1, 0.15) is 16.7 Å². The maximum Gasteiger partial charge on any atom is 0.131 e. The summed E-state index contributed by atoms with van der Waals surface area (Å²) in [6, 6.07) is 12.7. The van der Waals surface area contributed by atoms with E-state index in [1.54, 1.807) is 6.07 Å². The number of aryl methyl sites for hydroxylation is 3. The Bertz CT molecular complexity index is 831. The van der Waals surface area contributed by atoms with Crippen LogP contribution in [0.3, 0.4) is 0 Å². The molecule has 0 aliphatic heterocycles. The maximum absolute atomic E-state index is 13.3. The molecule has 1 N–H and O–H groups in total. The Hall–Kier alpha value is -2.13. The van der Waals surface area contributed by atoms with Gasteiger partial charge in [-0.05, 0) is 62.2 Å². The standard InChI is InChI=1S/C18H17FN2.ClH/c1-11-7-13(3)18-16(8-11)12(2)9-17(21-18)20-15-6-4-5-14(19)10-15;/h4-10H,1-3H3,(H,20,21);1H. The molecule has 0 saturated carbocycles. The fraction of sp³-hybridized carbons (Fsp3) is 0.167. The van der Waals surface area contributed by atoms with Gasteiger partial charge in [0.15, 0.2) is 0 Å². The number of anilines is 2. The van der Waals surface area contributed by atoms with Gasteiger partial charge in [0.05, 0.1) is 5.52 Å². The van der Waals surface area contributed by atoms with Gasteiger partial charge in [0.2, 0.25) is 0 Å². The van der Waals surface area contributed by atoms with Gasteiger partial charge in [0.25, 0.3) is 0 Å². The summed E-state index contributed by atoms with van der Waals surface area (Å²) in [6.45, 7) is 6.22. The third-order valence-electron chi connectivity index (χ3n) is 3.55. The van der Waals surface area contributed by atoms with Crippen LogP contribution in [0.15, 0.2) is 42.5 Å². The molecule has 0 unspecified atom stereocenters. The molecule has 0 radical (unpaired) electrons. The van der Waals surface area contributed by atoms with E-state index in [-0.39, 0.29) is 18.2 Å². The average Bonchev–Trinajstić information content (AvgIpc) is 2.40. The number of hydrogen-bond donors (Lipinski definition) is 1. The molecule has 2 aromatic carbocycles. The number of fused-ring (bicyclic) bond motifs is 1. The van der Waals surface area contributed by atoms with E-state index in [4.69, 9.17) is 0 Å². The summed E-state index contributed by atoms with van der Waals surface area (Å²) in [7, 11) is 0. The Morgan fingerprint density at radius 3 is 2.45 bits per heavy atom. The molecule has 0 fully saturated rings. The predicted octanol–water partition coefficient (Wildman–Crippen LogP) is 5.46. The van der Waals surface area contributed by atoms with Crippen LogP contribution < -0.4 is 5.32 Å². The van der Waals surface area contributed by atoms with Gasteiger partial charge in [-0.1, -0.05) is 17.7 Å². The Balaban J connectivity index is 0.00000176. The first kappa shape index (κ1) is 16.2. The van der Waals surface area contributed by atoms with Crippen molar-refractivity contribution in [3.8, 4) is 0 Å². The fourth-order valence-electron chi connectivity index (χ4n) is 2.62. The van der Waals surface area contributed by atoms with Crippen LogP contribution in [0.5, 0.6) is 0 Å². The molecule has 1 aromatic heterocycles. The van der Waals surface area contributed by atoms with Crippen LogP contribution >= 0.6 is 12.4 Å². The molecule has 0 amide bonds. The second-order valence-electron chi connectivity index (χ2n) is 5.44. The molecule has 0 saturated heterocycles. The minimum Gasteiger partial charge on any atom is -0.340 e.